The Morgan fingerprint density at radius 3 is 2.84 bits per heavy atom. The van der Waals surface area contributed by atoms with Crippen molar-refractivity contribution < 1.29 is 9.47 Å². The molecule has 0 unspecified atom stereocenters. The van der Waals surface area contributed by atoms with Gasteiger partial charge in [0.15, 0.2) is 0 Å². The third-order valence-electron chi connectivity index (χ3n) is 2.58. The van der Waals surface area contributed by atoms with Gasteiger partial charge in [0.05, 0.1) is 17.1 Å². The smallest absolute Gasteiger partial charge is 0.219 e. The molecule has 0 radical (unpaired) electrons. The summed E-state index contributed by atoms with van der Waals surface area (Å²) in [6, 6.07) is 9.56. The first-order chi connectivity index (χ1) is 9.24. The SMILES string of the molecule is COc1ncccc1COc1ccc(CCl)cc1Br. The fourth-order valence-corrected chi connectivity index (χ4v) is 2.32. The van der Waals surface area contributed by atoms with Gasteiger partial charge in [-0.2, -0.15) is 0 Å². The van der Waals surface area contributed by atoms with Crippen LogP contribution in [0.2, 0.25) is 0 Å². The highest BCUT2D eigenvalue weighted by Gasteiger charge is 2.06. The lowest BCUT2D eigenvalue weighted by Gasteiger charge is -2.11. The predicted molar refractivity (Wildman–Crippen MR) is 78.8 cm³/mol. The molecule has 1 aromatic carbocycles. The fourth-order valence-electron chi connectivity index (χ4n) is 1.62. The number of benzene rings is 1. The maximum absolute atomic E-state index is 5.78. The van der Waals surface area contributed by atoms with Crippen molar-refractivity contribution in [1.82, 2.24) is 4.98 Å². The lowest BCUT2D eigenvalue weighted by atomic mass is 10.2. The Morgan fingerprint density at radius 1 is 1.32 bits per heavy atom. The quantitative estimate of drug-likeness (QED) is 0.764. The minimum absolute atomic E-state index is 0.399. The standard InChI is InChI=1S/C14H13BrClNO2/c1-18-14-11(3-2-6-17-14)9-19-13-5-4-10(8-16)7-12(13)15/h2-7H,8-9H2,1H3. The summed E-state index contributed by atoms with van der Waals surface area (Å²) in [5, 5.41) is 0. The molecule has 0 aliphatic heterocycles. The first-order valence-electron chi connectivity index (χ1n) is 5.69. The largest absolute Gasteiger partial charge is 0.488 e. The summed E-state index contributed by atoms with van der Waals surface area (Å²) in [5.41, 5.74) is 1.94. The van der Waals surface area contributed by atoms with Crippen LogP contribution in [0.4, 0.5) is 0 Å². The van der Waals surface area contributed by atoms with Gasteiger partial charge in [-0.25, -0.2) is 4.98 Å². The van der Waals surface area contributed by atoms with E-state index in [-0.39, 0.29) is 0 Å². The number of rotatable bonds is 5. The van der Waals surface area contributed by atoms with Gasteiger partial charge in [-0.15, -0.1) is 11.6 Å². The van der Waals surface area contributed by atoms with Crippen LogP contribution in [0.5, 0.6) is 11.6 Å². The van der Waals surface area contributed by atoms with Crippen LogP contribution in [0.25, 0.3) is 0 Å². The van der Waals surface area contributed by atoms with Crippen LogP contribution in [-0.4, -0.2) is 12.1 Å². The summed E-state index contributed by atoms with van der Waals surface area (Å²) >= 11 is 9.24. The second-order valence-corrected chi connectivity index (χ2v) is 4.98. The van der Waals surface area contributed by atoms with Gasteiger partial charge in [0.25, 0.3) is 0 Å². The van der Waals surface area contributed by atoms with E-state index >= 15 is 0 Å². The highest BCUT2D eigenvalue weighted by molar-refractivity contribution is 9.10. The molecule has 0 amide bonds. The summed E-state index contributed by atoms with van der Waals surface area (Å²) in [4.78, 5) is 4.13. The lowest BCUT2D eigenvalue weighted by Crippen LogP contribution is -2.00. The van der Waals surface area contributed by atoms with Gasteiger partial charge in [-0.05, 0) is 45.8 Å². The molecule has 2 aromatic rings. The first kappa shape index (κ1) is 14.2. The van der Waals surface area contributed by atoms with Crippen molar-refractivity contribution >= 4 is 27.5 Å². The van der Waals surface area contributed by atoms with Crippen molar-refractivity contribution in [3.05, 3.63) is 52.1 Å². The van der Waals surface area contributed by atoms with Gasteiger partial charge in [-0.3, -0.25) is 0 Å². The van der Waals surface area contributed by atoms with Gasteiger partial charge in [0.1, 0.15) is 12.4 Å². The first-order valence-corrected chi connectivity index (χ1v) is 7.02. The van der Waals surface area contributed by atoms with Gasteiger partial charge in [-0.1, -0.05) is 6.07 Å². The van der Waals surface area contributed by atoms with Crippen molar-refractivity contribution in [2.24, 2.45) is 0 Å². The fraction of sp³-hybridized carbons (Fsp3) is 0.214. The van der Waals surface area contributed by atoms with E-state index in [4.69, 9.17) is 21.1 Å². The van der Waals surface area contributed by atoms with Crippen LogP contribution < -0.4 is 9.47 Å². The molecule has 0 spiro atoms. The number of nitrogens with zero attached hydrogens (tertiary/aromatic N) is 1. The van der Waals surface area contributed by atoms with Crippen LogP contribution in [0.1, 0.15) is 11.1 Å². The normalized spacial score (nSPS) is 10.3. The molecule has 1 heterocycles. The Balaban J connectivity index is 2.10. The predicted octanol–water partition coefficient (Wildman–Crippen LogP) is 4.17. The average Bonchev–Trinajstić information content (AvgIpc) is 2.46. The zero-order valence-corrected chi connectivity index (χ0v) is 12.7. The summed E-state index contributed by atoms with van der Waals surface area (Å²) in [6.07, 6.45) is 1.69. The Morgan fingerprint density at radius 2 is 2.16 bits per heavy atom. The van der Waals surface area contributed by atoms with Crippen LogP contribution in [0, 0.1) is 0 Å². The molecule has 0 bridgehead atoms. The van der Waals surface area contributed by atoms with Crippen LogP contribution >= 0.6 is 27.5 Å². The molecular weight excluding hydrogens is 330 g/mol. The van der Waals surface area contributed by atoms with Crippen LogP contribution in [0.15, 0.2) is 41.0 Å². The summed E-state index contributed by atoms with van der Waals surface area (Å²) in [6.45, 7) is 0.399. The van der Waals surface area contributed by atoms with Gasteiger partial charge in [0.2, 0.25) is 5.88 Å². The molecule has 0 aliphatic carbocycles. The minimum atomic E-state index is 0.399. The van der Waals surface area contributed by atoms with E-state index in [1.807, 2.05) is 30.3 Å². The van der Waals surface area contributed by atoms with E-state index in [0.717, 1.165) is 21.3 Å². The number of hydrogen-bond acceptors (Lipinski definition) is 3. The Bertz CT molecular complexity index is 563. The van der Waals surface area contributed by atoms with E-state index in [0.29, 0.717) is 18.4 Å². The highest BCUT2D eigenvalue weighted by atomic mass is 79.9. The Kier molecular flexibility index (Phi) is 5.05. The zero-order valence-electron chi connectivity index (χ0n) is 10.4. The van der Waals surface area contributed by atoms with E-state index < -0.39 is 0 Å². The number of ether oxygens (including phenoxy) is 2. The van der Waals surface area contributed by atoms with Crippen LogP contribution in [-0.2, 0) is 12.5 Å². The molecule has 19 heavy (non-hydrogen) atoms. The molecule has 5 heteroatoms. The van der Waals surface area contributed by atoms with Crippen molar-refractivity contribution in [2.45, 2.75) is 12.5 Å². The maximum atomic E-state index is 5.78. The second-order valence-electron chi connectivity index (χ2n) is 3.86. The van der Waals surface area contributed by atoms with Crippen molar-refractivity contribution in [3.8, 4) is 11.6 Å². The molecule has 0 saturated carbocycles. The molecule has 0 fully saturated rings. The Hall–Kier alpha value is -1.26. The number of pyridine rings is 1. The molecule has 1 aromatic heterocycles. The molecular formula is C14H13BrClNO2. The van der Waals surface area contributed by atoms with E-state index in [2.05, 4.69) is 20.9 Å². The molecule has 3 nitrogen and oxygen atoms in total. The average molecular weight is 343 g/mol. The van der Waals surface area contributed by atoms with Gasteiger partial charge >= 0.3 is 0 Å². The van der Waals surface area contributed by atoms with Crippen molar-refractivity contribution in [2.75, 3.05) is 7.11 Å². The van der Waals surface area contributed by atoms with E-state index in [9.17, 15) is 0 Å². The van der Waals surface area contributed by atoms with E-state index in [1.54, 1.807) is 13.3 Å². The molecule has 2 rings (SSSR count). The maximum Gasteiger partial charge on any atom is 0.219 e. The number of halogens is 2. The third-order valence-corrected chi connectivity index (χ3v) is 3.51. The summed E-state index contributed by atoms with van der Waals surface area (Å²) in [5.74, 6) is 1.82. The number of methoxy groups -OCH3 is 1. The molecule has 0 saturated heterocycles. The number of alkyl halides is 1. The third kappa shape index (κ3) is 3.61. The van der Waals surface area contributed by atoms with Gasteiger partial charge < -0.3 is 9.47 Å². The van der Waals surface area contributed by atoms with Crippen molar-refractivity contribution in [1.29, 1.82) is 0 Å². The topological polar surface area (TPSA) is 31.4 Å². The van der Waals surface area contributed by atoms with Crippen molar-refractivity contribution in [3.63, 3.8) is 0 Å². The molecule has 100 valence electrons. The summed E-state index contributed by atoms with van der Waals surface area (Å²) < 4.78 is 11.8. The molecule has 0 aliphatic rings. The van der Waals surface area contributed by atoms with Gasteiger partial charge in [0, 0.05) is 12.1 Å². The molecule has 0 N–H and O–H groups in total. The molecule has 0 atom stereocenters. The monoisotopic (exact) mass is 341 g/mol. The lowest BCUT2D eigenvalue weighted by molar-refractivity contribution is 0.292. The summed E-state index contributed by atoms with van der Waals surface area (Å²) in [7, 11) is 1.59. The van der Waals surface area contributed by atoms with Crippen LogP contribution in [0.3, 0.4) is 0 Å². The van der Waals surface area contributed by atoms with E-state index in [1.165, 1.54) is 0 Å². The minimum Gasteiger partial charge on any atom is -0.488 e. The number of hydrogen-bond donors (Lipinski definition) is 0. The number of aromatic nitrogens is 1. The Labute approximate surface area is 125 Å². The zero-order chi connectivity index (χ0) is 13.7. The highest BCUT2D eigenvalue weighted by Crippen LogP contribution is 2.28. The second kappa shape index (κ2) is 6.78.